The van der Waals surface area contributed by atoms with Crippen molar-refractivity contribution < 1.29 is 116 Å². The number of unbranched alkanes of at least 4 members (excludes halogenated alkanes) is 2. The molecule has 4 aromatic carbocycles. The van der Waals surface area contributed by atoms with Crippen molar-refractivity contribution in [1.82, 2.24) is 0 Å². The zero-order chi connectivity index (χ0) is 64.4. The zero-order valence-electron chi connectivity index (χ0n) is 47.5. The van der Waals surface area contributed by atoms with E-state index in [2.05, 4.69) is 0 Å². The SMILES string of the molecule is COCCOCCOCCOCCOCCC1(C)\C(=C/C=C/C=C/C2=[N+](CCCS(=O)(=O)O)c3ccc4c(S(=O)(=O)[O-])cc(S(=O)(=O)[O-])cc4c3C2(C)CCCS(=O)(=O)[O-])N(CCCCCC(=O)O)c2ccc3c(S(=O)(=O)[O-])cc(S(=O)(=O)[O-])cc3c21. The van der Waals surface area contributed by atoms with Gasteiger partial charge in [0.1, 0.15) is 47.0 Å². The second kappa shape index (κ2) is 29.2. The molecular weight excluding hydrogens is 1270 g/mol. The van der Waals surface area contributed by atoms with Gasteiger partial charge in [0.15, 0.2) is 5.71 Å². The quantitative estimate of drug-likeness (QED) is 0.0280. The topological polar surface area (TPSA) is 430 Å². The Kier molecular flexibility index (Phi) is 23.8. The van der Waals surface area contributed by atoms with E-state index in [1.165, 1.54) is 47.9 Å². The lowest BCUT2D eigenvalue weighted by Gasteiger charge is -2.31. The van der Waals surface area contributed by atoms with Crippen LogP contribution in [0.15, 0.2) is 104 Å². The summed E-state index contributed by atoms with van der Waals surface area (Å²) in [5, 5.41) is 8.53. The maximum Gasteiger partial charge on any atom is 0.303 e. The number of rotatable bonds is 36. The van der Waals surface area contributed by atoms with Gasteiger partial charge in [-0.1, -0.05) is 30.7 Å². The molecule has 27 nitrogen and oxygen atoms in total. The predicted octanol–water partition coefficient (Wildman–Crippen LogP) is 4.09. The molecule has 482 valence electrons. The van der Waals surface area contributed by atoms with E-state index in [1.54, 1.807) is 26.2 Å². The Morgan fingerprint density at radius 2 is 1.10 bits per heavy atom. The molecule has 0 amide bonds. The van der Waals surface area contributed by atoms with Gasteiger partial charge in [-0.2, -0.15) is 13.0 Å². The zero-order valence-corrected chi connectivity index (χ0v) is 52.4. The summed E-state index contributed by atoms with van der Waals surface area (Å²) in [7, 11) is -29.7. The van der Waals surface area contributed by atoms with Crippen LogP contribution in [-0.4, -0.2) is 190 Å². The molecule has 0 radical (unpaired) electrons. The average Bonchev–Trinajstić information content (AvgIpc) is 1.61. The summed E-state index contributed by atoms with van der Waals surface area (Å²) >= 11 is 0. The van der Waals surface area contributed by atoms with Gasteiger partial charge in [-0.3, -0.25) is 9.35 Å². The monoisotopic (exact) mass is 1330 g/mol. The fourth-order valence-electron chi connectivity index (χ4n) is 11.0. The summed E-state index contributed by atoms with van der Waals surface area (Å²) in [5.74, 6) is -2.73. The molecule has 0 saturated carbocycles. The number of methoxy groups -OCH3 is 1. The van der Waals surface area contributed by atoms with E-state index >= 15 is 0 Å². The van der Waals surface area contributed by atoms with Gasteiger partial charge < -0.3 is 56.5 Å². The van der Waals surface area contributed by atoms with E-state index in [-0.39, 0.29) is 123 Å². The van der Waals surface area contributed by atoms with Crippen LogP contribution in [-0.2, 0) is 100 Å². The van der Waals surface area contributed by atoms with Crippen LogP contribution >= 0.6 is 0 Å². The van der Waals surface area contributed by atoms with Gasteiger partial charge >= 0.3 is 5.97 Å². The molecule has 0 saturated heterocycles. The fraction of sp³-hybridized carbons (Fsp3) is 0.481. The third kappa shape index (κ3) is 18.5. The first kappa shape index (κ1) is 70.9. The van der Waals surface area contributed by atoms with Gasteiger partial charge in [0.05, 0.1) is 93.7 Å². The van der Waals surface area contributed by atoms with Crippen molar-refractivity contribution in [3.63, 3.8) is 0 Å². The number of aliphatic carboxylic acids is 1. The molecule has 2 aliphatic heterocycles. The molecule has 2 unspecified atom stereocenters. The minimum Gasteiger partial charge on any atom is -0.748 e. The highest BCUT2D eigenvalue weighted by Crippen LogP contribution is 2.54. The molecule has 0 aliphatic carbocycles. The standard InChI is InChI=1S/C54H70N2O25S6/c1-53(19-10-32-82(59,60)61)48(56(22-11-33-83(62,63)64)44-17-15-40-42(51(44)53)34-38(84(65,66)67)36-46(40)86(71,72)73)12-6-4-7-13-49-54(2,20-23-78-26-27-80-30-31-81-29-28-79-25-24-77-3)52-43-35-39(85(68,69)70)37-47(87(74,75)76)41(43)16-18-45(52)55(49)21-9-5-8-14-50(57)58/h4,6-7,12-13,15-18,34-37H,5,8-11,14,19-33H2,1-3H3,(H6-,57,58,59,60,61,62,63,64,65,66,67,68,69,70,71,72,73,74,75,76)/p-4. The van der Waals surface area contributed by atoms with Gasteiger partial charge in [-0.15, -0.1) is 0 Å². The Bertz CT molecular complexity index is 4050. The summed E-state index contributed by atoms with van der Waals surface area (Å²) in [6, 6.07) is 8.09. The molecule has 0 spiro atoms. The summed E-state index contributed by atoms with van der Waals surface area (Å²) in [6.45, 7) is 5.37. The van der Waals surface area contributed by atoms with Crippen molar-refractivity contribution in [1.29, 1.82) is 0 Å². The molecule has 2 N–H and O–H groups in total. The molecule has 4 aromatic rings. The van der Waals surface area contributed by atoms with Crippen LogP contribution in [0.5, 0.6) is 0 Å². The highest BCUT2D eigenvalue weighted by Gasteiger charge is 2.49. The molecule has 2 heterocycles. The lowest BCUT2D eigenvalue weighted by Crippen LogP contribution is -2.32. The van der Waals surface area contributed by atoms with Crippen LogP contribution in [0.2, 0.25) is 0 Å². The Morgan fingerprint density at radius 1 is 0.575 bits per heavy atom. The number of benzene rings is 4. The molecule has 2 atom stereocenters. The van der Waals surface area contributed by atoms with Crippen molar-refractivity contribution >= 4 is 105 Å². The number of carboxylic acids is 1. The summed E-state index contributed by atoms with van der Waals surface area (Å²) in [5.41, 5.74) is -1.32. The Hall–Kier alpha value is -5.18. The molecule has 6 rings (SSSR count). The third-order valence-electron chi connectivity index (χ3n) is 14.8. The van der Waals surface area contributed by atoms with Crippen LogP contribution in [0.3, 0.4) is 0 Å². The van der Waals surface area contributed by atoms with E-state index in [9.17, 15) is 87.7 Å². The van der Waals surface area contributed by atoms with Crippen molar-refractivity contribution in [2.45, 2.75) is 95.6 Å². The number of carboxylic acid groups (broad SMARTS) is 1. The van der Waals surface area contributed by atoms with Gasteiger partial charge in [0.25, 0.3) is 10.1 Å². The number of anilines is 1. The highest BCUT2D eigenvalue weighted by atomic mass is 32.2. The lowest BCUT2D eigenvalue weighted by atomic mass is 9.74. The van der Waals surface area contributed by atoms with Crippen molar-refractivity contribution in [3.05, 3.63) is 95.7 Å². The second-order valence-corrected chi connectivity index (χ2v) is 29.4. The van der Waals surface area contributed by atoms with E-state index in [0.717, 1.165) is 18.2 Å². The first-order valence-electron chi connectivity index (χ1n) is 27.0. The van der Waals surface area contributed by atoms with Crippen LogP contribution in [0.1, 0.15) is 76.3 Å². The van der Waals surface area contributed by atoms with Crippen molar-refractivity contribution in [2.75, 3.05) is 96.1 Å². The van der Waals surface area contributed by atoms with Crippen LogP contribution in [0.25, 0.3) is 21.5 Å². The maximum absolute atomic E-state index is 12.8. The summed E-state index contributed by atoms with van der Waals surface area (Å²) in [6.07, 6.45) is 7.75. The van der Waals surface area contributed by atoms with Crippen LogP contribution in [0.4, 0.5) is 11.4 Å². The number of nitrogens with zero attached hydrogens (tertiary/aromatic N) is 2. The minimum absolute atomic E-state index is 0.0254. The number of ether oxygens (including phenoxy) is 5. The summed E-state index contributed by atoms with van der Waals surface area (Å²) < 4.78 is 251. The van der Waals surface area contributed by atoms with Gasteiger partial charge in [0, 0.05) is 78.7 Å². The van der Waals surface area contributed by atoms with E-state index < -0.39 is 109 Å². The highest BCUT2D eigenvalue weighted by molar-refractivity contribution is 7.87. The number of hydrogen-bond acceptors (Lipinski definition) is 24. The third-order valence-corrected chi connectivity index (χ3v) is 19.7. The Morgan fingerprint density at radius 3 is 1.61 bits per heavy atom. The van der Waals surface area contributed by atoms with Crippen molar-refractivity contribution in [2.24, 2.45) is 0 Å². The molecule has 87 heavy (non-hydrogen) atoms. The molecule has 0 fully saturated rings. The number of fused-ring (bicyclic) bond motifs is 6. The molecular formula is C54H66N2O25S6-4. The van der Waals surface area contributed by atoms with Crippen LogP contribution < -0.4 is 4.90 Å². The van der Waals surface area contributed by atoms with Gasteiger partial charge in [-0.05, 0) is 110 Å². The number of allylic oxidation sites excluding steroid dienone is 6. The smallest absolute Gasteiger partial charge is 0.303 e. The first-order valence-corrected chi connectivity index (χ1v) is 35.8. The van der Waals surface area contributed by atoms with Crippen LogP contribution in [0, 0.1) is 0 Å². The number of hydrogen-bond donors (Lipinski definition) is 2. The maximum atomic E-state index is 12.8. The normalized spacial score (nSPS) is 18.4. The van der Waals surface area contributed by atoms with Crippen molar-refractivity contribution in [3.8, 4) is 0 Å². The average molecular weight is 1340 g/mol. The molecule has 33 heteroatoms. The fourth-order valence-corrected chi connectivity index (χ4v) is 14.6. The van der Waals surface area contributed by atoms with Gasteiger partial charge in [-0.25, -0.2) is 42.1 Å². The number of carbonyl (C=O) groups is 1. The molecule has 0 aromatic heterocycles. The molecule has 2 aliphatic rings. The largest absolute Gasteiger partial charge is 0.748 e. The predicted molar refractivity (Wildman–Crippen MR) is 309 cm³/mol. The summed E-state index contributed by atoms with van der Waals surface area (Å²) in [4.78, 5) is 9.13. The first-order chi connectivity index (χ1) is 40.5. The Labute approximate surface area is 505 Å². The van der Waals surface area contributed by atoms with E-state index in [0.29, 0.717) is 68.3 Å². The Balaban J connectivity index is 1.50. The lowest BCUT2D eigenvalue weighted by molar-refractivity contribution is -0.437. The minimum atomic E-state index is -5.51. The molecule has 0 bridgehead atoms. The second-order valence-electron chi connectivity index (χ2n) is 20.8. The van der Waals surface area contributed by atoms with E-state index in [4.69, 9.17) is 23.7 Å². The van der Waals surface area contributed by atoms with E-state index in [1.807, 2.05) is 4.90 Å². The van der Waals surface area contributed by atoms with Gasteiger partial charge in [0.2, 0.25) is 5.69 Å².